The number of nitrogens with one attached hydrogen (secondary N) is 2. The first-order valence-electron chi connectivity index (χ1n) is 7.47. The summed E-state index contributed by atoms with van der Waals surface area (Å²) in [6, 6.07) is -0.398. The van der Waals surface area contributed by atoms with Gasteiger partial charge in [0.1, 0.15) is 0 Å². The van der Waals surface area contributed by atoms with Gasteiger partial charge in [0.05, 0.1) is 6.42 Å². The SMILES string of the molecule is CC1CCC(NC(=O)NC(CC(=O)O)C(C)(C)C)CC1. The van der Waals surface area contributed by atoms with E-state index in [4.69, 9.17) is 5.11 Å². The summed E-state index contributed by atoms with van der Waals surface area (Å²) in [6.45, 7) is 8.04. The molecule has 0 aromatic rings. The van der Waals surface area contributed by atoms with Crippen LogP contribution in [0, 0.1) is 11.3 Å². The molecule has 0 heterocycles. The van der Waals surface area contributed by atoms with E-state index >= 15 is 0 Å². The van der Waals surface area contributed by atoms with Gasteiger partial charge in [0.15, 0.2) is 0 Å². The van der Waals surface area contributed by atoms with Gasteiger partial charge in [-0.1, -0.05) is 27.7 Å². The molecule has 1 rings (SSSR count). The van der Waals surface area contributed by atoms with Gasteiger partial charge in [-0.3, -0.25) is 4.79 Å². The Hall–Kier alpha value is -1.26. The van der Waals surface area contributed by atoms with Crippen molar-refractivity contribution in [2.75, 3.05) is 0 Å². The molecular formula is C15H28N2O3. The Kier molecular flexibility index (Phi) is 5.84. The van der Waals surface area contributed by atoms with E-state index in [0.29, 0.717) is 0 Å². The maximum Gasteiger partial charge on any atom is 0.315 e. The first kappa shape index (κ1) is 16.8. The zero-order chi connectivity index (χ0) is 15.3. The Morgan fingerprint density at radius 3 is 2.20 bits per heavy atom. The number of hydrogen-bond acceptors (Lipinski definition) is 2. The van der Waals surface area contributed by atoms with E-state index < -0.39 is 5.97 Å². The Labute approximate surface area is 121 Å². The molecule has 1 unspecified atom stereocenters. The van der Waals surface area contributed by atoms with Crippen molar-refractivity contribution in [3.63, 3.8) is 0 Å². The van der Waals surface area contributed by atoms with Gasteiger partial charge in [-0.15, -0.1) is 0 Å². The van der Waals surface area contributed by atoms with Crippen molar-refractivity contribution in [3.8, 4) is 0 Å². The lowest BCUT2D eigenvalue weighted by molar-refractivity contribution is -0.138. The number of aliphatic carboxylic acids is 1. The van der Waals surface area contributed by atoms with Crippen molar-refractivity contribution in [2.45, 2.75) is 71.9 Å². The van der Waals surface area contributed by atoms with E-state index in [9.17, 15) is 9.59 Å². The predicted molar refractivity (Wildman–Crippen MR) is 78.6 cm³/mol. The number of amides is 2. The lowest BCUT2D eigenvalue weighted by atomic mass is 9.85. The Bertz CT molecular complexity index is 342. The first-order chi connectivity index (χ1) is 9.18. The molecule has 20 heavy (non-hydrogen) atoms. The van der Waals surface area contributed by atoms with E-state index in [-0.39, 0.29) is 30.0 Å². The third kappa shape index (κ3) is 5.80. The number of carbonyl (C=O) groups excluding carboxylic acids is 1. The molecule has 1 fully saturated rings. The van der Waals surface area contributed by atoms with Crippen LogP contribution in [0.3, 0.4) is 0 Å². The van der Waals surface area contributed by atoms with Gasteiger partial charge in [0.2, 0.25) is 0 Å². The second-order valence-electron chi connectivity index (χ2n) is 7.09. The lowest BCUT2D eigenvalue weighted by Gasteiger charge is -2.32. The van der Waals surface area contributed by atoms with Gasteiger partial charge in [-0.05, 0) is 37.0 Å². The van der Waals surface area contributed by atoms with E-state index in [0.717, 1.165) is 31.6 Å². The van der Waals surface area contributed by atoms with Crippen LogP contribution in [0.4, 0.5) is 4.79 Å². The van der Waals surface area contributed by atoms with E-state index in [1.165, 1.54) is 0 Å². The molecule has 0 aromatic carbocycles. The highest BCUT2D eigenvalue weighted by molar-refractivity contribution is 5.76. The van der Waals surface area contributed by atoms with Gasteiger partial charge in [0, 0.05) is 12.1 Å². The molecule has 5 heteroatoms. The first-order valence-corrected chi connectivity index (χ1v) is 7.47. The summed E-state index contributed by atoms with van der Waals surface area (Å²) in [4.78, 5) is 22.9. The lowest BCUT2D eigenvalue weighted by Crippen LogP contribution is -2.51. The van der Waals surface area contributed by atoms with Crippen LogP contribution >= 0.6 is 0 Å². The molecule has 5 nitrogen and oxygen atoms in total. The number of carbonyl (C=O) groups is 2. The Morgan fingerprint density at radius 2 is 1.75 bits per heavy atom. The zero-order valence-corrected chi connectivity index (χ0v) is 13.0. The summed E-state index contributed by atoms with van der Waals surface area (Å²) in [5, 5.41) is 14.7. The second-order valence-corrected chi connectivity index (χ2v) is 7.09. The van der Waals surface area contributed by atoms with Gasteiger partial charge in [-0.2, -0.15) is 0 Å². The van der Waals surface area contributed by atoms with Crippen LogP contribution in [0.5, 0.6) is 0 Å². The Morgan fingerprint density at radius 1 is 1.20 bits per heavy atom. The average molecular weight is 284 g/mol. The maximum atomic E-state index is 12.0. The molecule has 0 aliphatic heterocycles. The van der Waals surface area contributed by atoms with Gasteiger partial charge in [-0.25, -0.2) is 4.79 Å². The van der Waals surface area contributed by atoms with E-state index in [1.54, 1.807) is 0 Å². The van der Waals surface area contributed by atoms with Gasteiger partial charge in [0.25, 0.3) is 0 Å². The summed E-state index contributed by atoms with van der Waals surface area (Å²) >= 11 is 0. The van der Waals surface area contributed by atoms with E-state index in [2.05, 4.69) is 17.6 Å². The number of carboxylic acids is 1. The average Bonchev–Trinajstić information content (AvgIpc) is 2.29. The minimum Gasteiger partial charge on any atom is -0.481 e. The Balaban J connectivity index is 2.47. The minimum atomic E-state index is -0.892. The monoisotopic (exact) mass is 284 g/mol. The fraction of sp³-hybridized carbons (Fsp3) is 0.867. The van der Waals surface area contributed by atoms with Crippen molar-refractivity contribution >= 4 is 12.0 Å². The molecule has 1 atom stereocenters. The molecule has 1 aliphatic rings. The van der Waals surface area contributed by atoms with Crippen LogP contribution in [0.2, 0.25) is 0 Å². The number of rotatable bonds is 4. The summed E-state index contributed by atoms with van der Waals surface area (Å²) in [6.07, 6.45) is 4.24. The highest BCUT2D eigenvalue weighted by Gasteiger charge is 2.29. The van der Waals surface area contributed by atoms with Crippen molar-refractivity contribution in [1.82, 2.24) is 10.6 Å². The molecule has 116 valence electrons. The van der Waals surface area contributed by atoms with Crippen molar-refractivity contribution < 1.29 is 14.7 Å². The fourth-order valence-electron chi connectivity index (χ4n) is 2.54. The van der Waals surface area contributed by atoms with Crippen LogP contribution in [-0.4, -0.2) is 29.2 Å². The van der Waals surface area contributed by atoms with Crippen LogP contribution < -0.4 is 10.6 Å². The normalized spacial score (nSPS) is 24.8. The fourth-order valence-corrected chi connectivity index (χ4v) is 2.54. The summed E-state index contributed by atoms with van der Waals surface area (Å²) in [7, 11) is 0. The number of hydrogen-bond donors (Lipinski definition) is 3. The topological polar surface area (TPSA) is 78.4 Å². The molecular weight excluding hydrogens is 256 g/mol. The molecule has 0 saturated heterocycles. The van der Waals surface area contributed by atoms with Crippen molar-refractivity contribution in [1.29, 1.82) is 0 Å². The molecule has 2 amide bonds. The largest absolute Gasteiger partial charge is 0.481 e. The summed E-state index contributed by atoms with van der Waals surface area (Å²) < 4.78 is 0. The van der Waals surface area contributed by atoms with Gasteiger partial charge < -0.3 is 15.7 Å². The second kappa shape index (κ2) is 6.95. The maximum absolute atomic E-state index is 12.0. The summed E-state index contributed by atoms with van der Waals surface area (Å²) in [5.74, 6) is -0.151. The number of urea groups is 1. The van der Waals surface area contributed by atoms with Crippen molar-refractivity contribution in [2.24, 2.45) is 11.3 Å². The predicted octanol–water partition coefficient (Wildman–Crippen LogP) is 2.75. The molecule has 0 aromatic heterocycles. The molecule has 0 radical (unpaired) electrons. The quantitative estimate of drug-likeness (QED) is 0.742. The smallest absolute Gasteiger partial charge is 0.315 e. The molecule has 3 N–H and O–H groups in total. The van der Waals surface area contributed by atoms with Crippen LogP contribution in [0.15, 0.2) is 0 Å². The molecule has 0 spiro atoms. The van der Waals surface area contributed by atoms with Crippen LogP contribution in [-0.2, 0) is 4.79 Å². The molecule has 1 aliphatic carbocycles. The molecule has 1 saturated carbocycles. The third-order valence-corrected chi connectivity index (χ3v) is 4.08. The minimum absolute atomic E-state index is 0.0569. The zero-order valence-electron chi connectivity index (χ0n) is 13.0. The third-order valence-electron chi connectivity index (χ3n) is 4.08. The summed E-state index contributed by atoms with van der Waals surface area (Å²) in [5.41, 5.74) is -0.281. The highest BCUT2D eigenvalue weighted by Crippen LogP contribution is 2.24. The van der Waals surface area contributed by atoms with E-state index in [1.807, 2.05) is 20.8 Å². The highest BCUT2D eigenvalue weighted by atomic mass is 16.4. The van der Waals surface area contributed by atoms with Gasteiger partial charge >= 0.3 is 12.0 Å². The number of carboxylic acid groups (broad SMARTS) is 1. The van der Waals surface area contributed by atoms with Crippen LogP contribution in [0.25, 0.3) is 0 Å². The van der Waals surface area contributed by atoms with Crippen LogP contribution in [0.1, 0.15) is 59.8 Å². The van der Waals surface area contributed by atoms with Crippen molar-refractivity contribution in [3.05, 3.63) is 0 Å². The standard InChI is InChI=1S/C15H28N2O3/c1-10-5-7-11(8-6-10)16-14(20)17-12(9-13(18)19)15(2,3)4/h10-12H,5-9H2,1-4H3,(H,18,19)(H2,16,17,20). The molecule has 0 bridgehead atoms.